The maximum Gasteiger partial charge on any atom is 0.325 e. The average molecular weight is 331 g/mol. The fourth-order valence-electron chi connectivity index (χ4n) is 3.12. The van der Waals surface area contributed by atoms with Crippen LogP contribution in [0.25, 0.3) is 0 Å². The molecule has 2 N–H and O–H groups in total. The SMILES string of the molecule is CC(C)(C)NC(=O)CN1C(=O)NC2(CCOc3ccccc32)C1=O. The quantitative estimate of drug-likeness (QED) is 0.795. The maximum atomic E-state index is 13.0. The Labute approximate surface area is 140 Å². The van der Waals surface area contributed by atoms with Gasteiger partial charge in [-0.1, -0.05) is 18.2 Å². The van der Waals surface area contributed by atoms with E-state index in [1.165, 1.54) is 0 Å². The molecule has 2 aliphatic heterocycles. The monoisotopic (exact) mass is 331 g/mol. The zero-order valence-corrected chi connectivity index (χ0v) is 14.0. The van der Waals surface area contributed by atoms with Crippen LogP contribution in [0.15, 0.2) is 24.3 Å². The molecule has 0 aromatic heterocycles. The summed E-state index contributed by atoms with van der Waals surface area (Å²) in [7, 11) is 0. The molecule has 3 rings (SSSR count). The molecule has 2 heterocycles. The summed E-state index contributed by atoms with van der Waals surface area (Å²) in [6.07, 6.45) is 0.339. The molecule has 1 atom stereocenters. The van der Waals surface area contributed by atoms with Crippen LogP contribution in [0, 0.1) is 0 Å². The van der Waals surface area contributed by atoms with Gasteiger partial charge in [0.2, 0.25) is 5.91 Å². The number of nitrogens with zero attached hydrogens (tertiary/aromatic N) is 1. The second-order valence-electron chi connectivity index (χ2n) is 7.12. The van der Waals surface area contributed by atoms with Crippen LogP contribution in [0.1, 0.15) is 32.8 Å². The number of hydrogen-bond acceptors (Lipinski definition) is 4. The molecule has 0 radical (unpaired) electrons. The van der Waals surface area contributed by atoms with E-state index in [1.807, 2.05) is 26.8 Å². The van der Waals surface area contributed by atoms with Crippen LogP contribution in [0.2, 0.25) is 0 Å². The topological polar surface area (TPSA) is 87.7 Å². The van der Waals surface area contributed by atoms with Crippen LogP contribution in [0.3, 0.4) is 0 Å². The number of ether oxygens (including phenoxy) is 1. The molecule has 1 fully saturated rings. The van der Waals surface area contributed by atoms with Crippen molar-refractivity contribution in [1.82, 2.24) is 15.5 Å². The average Bonchev–Trinajstić information content (AvgIpc) is 2.71. The number of hydrogen-bond donors (Lipinski definition) is 2. The molecule has 24 heavy (non-hydrogen) atoms. The normalized spacial score (nSPS) is 22.9. The Hall–Kier alpha value is -2.57. The summed E-state index contributed by atoms with van der Waals surface area (Å²) < 4.78 is 5.57. The van der Waals surface area contributed by atoms with Crippen molar-refractivity contribution in [2.24, 2.45) is 0 Å². The lowest BCUT2D eigenvalue weighted by atomic mass is 9.84. The first-order valence-corrected chi connectivity index (χ1v) is 7.90. The highest BCUT2D eigenvalue weighted by atomic mass is 16.5. The zero-order valence-electron chi connectivity index (χ0n) is 14.0. The second kappa shape index (κ2) is 5.51. The number of carbonyl (C=O) groups is 3. The molecule has 1 unspecified atom stereocenters. The Morgan fingerprint density at radius 1 is 1.33 bits per heavy atom. The summed E-state index contributed by atoms with van der Waals surface area (Å²) in [4.78, 5) is 38.4. The highest BCUT2D eigenvalue weighted by Gasteiger charge is 2.55. The van der Waals surface area contributed by atoms with Crippen molar-refractivity contribution in [3.63, 3.8) is 0 Å². The number of imide groups is 1. The molecule has 1 saturated heterocycles. The van der Waals surface area contributed by atoms with E-state index in [4.69, 9.17) is 4.74 Å². The first-order chi connectivity index (χ1) is 11.2. The highest BCUT2D eigenvalue weighted by molar-refractivity contribution is 6.09. The smallest absolute Gasteiger partial charge is 0.325 e. The lowest BCUT2D eigenvalue weighted by Gasteiger charge is -2.33. The van der Waals surface area contributed by atoms with E-state index < -0.39 is 23.0 Å². The van der Waals surface area contributed by atoms with Gasteiger partial charge >= 0.3 is 6.03 Å². The summed E-state index contributed by atoms with van der Waals surface area (Å²) in [6.45, 7) is 5.55. The van der Waals surface area contributed by atoms with Gasteiger partial charge in [0.25, 0.3) is 5.91 Å². The van der Waals surface area contributed by atoms with Crippen molar-refractivity contribution in [3.05, 3.63) is 29.8 Å². The van der Waals surface area contributed by atoms with Gasteiger partial charge in [-0.05, 0) is 26.8 Å². The summed E-state index contributed by atoms with van der Waals surface area (Å²) >= 11 is 0. The largest absolute Gasteiger partial charge is 0.493 e. The third-order valence-electron chi connectivity index (χ3n) is 4.07. The van der Waals surface area contributed by atoms with Crippen molar-refractivity contribution < 1.29 is 19.1 Å². The summed E-state index contributed by atoms with van der Waals surface area (Å²) in [6, 6.07) is 6.59. The zero-order chi connectivity index (χ0) is 17.5. The van der Waals surface area contributed by atoms with Gasteiger partial charge in [-0.2, -0.15) is 0 Å². The third kappa shape index (κ3) is 2.70. The standard InChI is InChI=1S/C17H21N3O4/c1-16(2,3)18-13(21)10-20-14(22)17(19-15(20)23)8-9-24-12-7-5-4-6-11(12)17/h4-7H,8-10H2,1-3H3,(H,18,21)(H,19,23). The Morgan fingerprint density at radius 3 is 2.75 bits per heavy atom. The maximum absolute atomic E-state index is 13.0. The van der Waals surface area contributed by atoms with E-state index >= 15 is 0 Å². The van der Waals surface area contributed by atoms with Crippen molar-refractivity contribution >= 4 is 17.8 Å². The number of nitrogens with one attached hydrogen (secondary N) is 2. The Balaban J connectivity index is 1.87. The number of carbonyl (C=O) groups excluding carboxylic acids is 3. The van der Waals surface area contributed by atoms with Crippen molar-refractivity contribution in [2.75, 3.05) is 13.2 Å². The summed E-state index contributed by atoms with van der Waals surface area (Å²) in [5, 5.41) is 5.53. The van der Waals surface area contributed by atoms with E-state index in [1.54, 1.807) is 18.2 Å². The van der Waals surface area contributed by atoms with Gasteiger partial charge < -0.3 is 15.4 Å². The molecule has 0 bridgehead atoms. The molecule has 1 aromatic rings. The molecule has 2 aliphatic rings. The molecule has 1 spiro atoms. The van der Waals surface area contributed by atoms with E-state index in [9.17, 15) is 14.4 Å². The molecule has 1 aromatic carbocycles. The third-order valence-corrected chi connectivity index (χ3v) is 4.07. The fraction of sp³-hybridized carbons (Fsp3) is 0.471. The molecule has 128 valence electrons. The van der Waals surface area contributed by atoms with Crippen LogP contribution in [0.5, 0.6) is 5.75 Å². The van der Waals surface area contributed by atoms with Crippen LogP contribution >= 0.6 is 0 Å². The molecule has 0 aliphatic carbocycles. The fourth-order valence-corrected chi connectivity index (χ4v) is 3.12. The second-order valence-corrected chi connectivity index (χ2v) is 7.12. The van der Waals surface area contributed by atoms with Crippen LogP contribution in [-0.4, -0.2) is 41.4 Å². The number of rotatable bonds is 2. The Bertz CT molecular complexity index is 710. The van der Waals surface area contributed by atoms with Gasteiger partial charge in [-0.25, -0.2) is 4.79 Å². The molecular weight excluding hydrogens is 310 g/mol. The first-order valence-electron chi connectivity index (χ1n) is 7.90. The van der Waals surface area contributed by atoms with Crippen molar-refractivity contribution in [2.45, 2.75) is 38.3 Å². The van der Waals surface area contributed by atoms with E-state index in [0.29, 0.717) is 24.3 Å². The van der Waals surface area contributed by atoms with E-state index in [0.717, 1.165) is 4.90 Å². The van der Waals surface area contributed by atoms with E-state index in [2.05, 4.69) is 10.6 Å². The first kappa shape index (κ1) is 16.3. The van der Waals surface area contributed by atoms with Gasteiger partial charge in [0, 0.05) is 17.5 Å². The van der Waals surface area contributed by atoms with Gasteiger partial charge in [0.1, 0.15) is 12.3 Å². The number of amides is 4. The number of benzene rings is 1. The van der Waals surface area contributed by atoms with E-state index in [-0.39, 0.29) is 12.5 Å². The minimum Gasteiger partial charge on any atom is -0.493 e. The number of urea groups is 1. The van der Waals surface area contributed by atoms with Crippen LogP contribution < -0.4 is 15.4 Å². The minimum absolute atomic E-state index is 0.299. The lowest BCUT2D eigenvalue weighted by molar-refractivity contribution is -0.136. The number of fused-ring (bicyclic) bond motifs is 2. The Kier molecular flexibility index (Phi) is 3.74. The summed E-state index contributed by atoms with van der Waals surface area (Å²) in [5.41, 5.74) is -0.943. The molecule has 7 nitrogen and oxygen atoms in total. The molecule has 7 heteroatoms. The lowest BCUT2D eigenvalue weighted by Crippen LogP contribution is -2.49. The van der Waals surface area contributed by atoms with Gasteiger partial charge in [0.05, 0.1) is 6.61 Å². The highest BCUT2D eigenvalue weighted by Crippen LogP contribution is 2.40. The molecular formula is C17H21N3O4. The molecule has 4 amide bonds. The van der Waals surface area contributed by atoms with Gasteiger partial charge in [0.15, 0.2) is 5.54 Å². The van der Waals surface area contributed by atoms with Gasteiger partial charge in [-0.3, -0.25) is 14.5 Å². The Morgan fingerprint density at radius 2 is 2.04 bits per heavy atom. The van der Waals surface area contributed by atoms with Crippen molar-refractivity contribution in [1.29, 1.82) is 0 Å². The predicted octanol–water partition coefficient (Wildman–Crippen LogP) is 1.13. The molecule has 0 saturated carbocycles. The van der Waals surface area contributed by atoms with Crippen LogP contribution in [-0.2, 0) is 15.1 Å². The minimum atomic E-state index is -1.14. The van der Waals surface area contributed by atoms with Crippen LogP contribution in [0.4, 0.5) is 4.79 Å². The van der Waals surface area contributed by atoms with Crippen molar-refractivity contribution in [3.8, 4) is 5.75 Å². The predicted molar refractivity (Wildman–Crippen MR) is 86.4 cm³/mol. The van der Waals surface area contributed by atoms with Gasteiger partial charge in [-0.15, -0.1) is 0 Å². The summed E-state index contributed by atoms with van der Waals surface area (Å²) in [5.74, 6) is -0.200. The number of para-hydroxylation sites is 1.